The first-order chi connectivity index (χ1) is 14.6. The van der Waals surface area contributed by atoms with Crippen LogP contribution in [0.4, 0.5) is 11.8 Å². The van der Waals surface area contributed by atoms with E-state index in [1.54, 1.807) is 12.5 Å². The van der Waals surface area contributed by atoms with E-state index in [0.29, 0.717) is 17.0 Å². The largest absolute Gasteiger partial charge is 0.354 e. The molecule has 30 heavy (non-hydrogen) atoms. The van der Waals surface area contributed by atoms with Crippen LogP contribution < -0.4 is 10.2 Å². The molecular weight excluding hydrogens is 398 g/mol. The number of halogens is 1. The molecule has 154 valence electrons. The maximum absolute atomic E-state index is 5.98. The van der Waals surface area contributed by atoms with Crippen molar-refractivity contribution in [1.82, 2.24) is 24.4 Å². The summed E-state index contributed by atoms with van der Waals surface area (Å²) >= 11 is 5.98. The Labute approximate surface area is 181 Å². The first-order valence-corrected chi connectivity index (χ1v) is 10.6. The Bertz CT molecular complexity index is 1060. The number of nitrogens with one attached hydrogen (secondary N) is 1. The minimum atomic E-state index is -0.0430. The van der Waals surface area contributed by atoms with Crippen LogP contribution in [0.3, 0.4) is 0 Å². The number of hydrogen-bond donors (Lipinski definition) is 1. The SMILES string of the molecule is C=C1N(c2ccnc(NC(C)c3cn(-c4ccc(Cl)cc4)cn3)n2)CCN1C1CC1. The Morgan fingerprint density at radius 1 is 1.13 bits per heavy atom. The lowest BCUT2D eigenvalue weighted by Gasteiger charge is -2.23. The van der Waals surface area contributed by atoms with Crippen molar-refractivity contribution < 1.29 is 0 Å². The van der Waals surface area contributed by atoms with E-state index in [9.17, 15) is 0 Å². The van der Waals surface area contributed by atoms with Crippen LogP contribution in [-0.2, 0) is 0 Å². The van der Waals surface area contributed by atoms with Crippen molar-refractivity contribution >= 4 is 23.4 Å². The lowest BCUT2D eigenvalue weighted by molar-refractivity contribution is 0.389. The quantitative estimate of drug-likeness (QED) is 0.642. The van der Waals surface area contributed by atoms with Crippen molar-refractivity contribution in [2.75, 3.05) is 23.3 Å². The van der Waals surface area contributed by atoms with E-state index in [1.165, 1.54) is 12.8 Å². The molecule has 2 aromatic heterocycles. The van der Waals surface area contributed by atoms with Crippen LogP contribution in [-0.4, -0.2) is 43.6 Å². The van der Waals surface area contributed by atoms with Gasteiger partial charge in [0.1, 0.15) is 11.6 Å². The van der Waals surface area contributed by atoms with Crippen LogP contribution in [0.15, 0.2) is 61.5 Å². The molecule has 1 unspecified atom stereocenters. The predicted octanol–water partition coefficient (Wildman–Crippen LogP) is 4.24. The summed E-state index contributed by atoms with van der Waals surface area (Å²) in [5.74, 6) is 2.50. The topological polar surface area (TPSA) is 62.1 Å². The number of nitrogens with zero attached hydrogens (tertiary/aromatic N) is 6. The monoisotopic (exact) mass is 421 g/mol. The fourth-order valence-corrected chi connectivity index (χ4v) is 3.93. The number of anilines is 2. The Morgan fingerprint density at radius 3 is 2.70 bits per heavy atom. The number of aromatic nitrogens is 4. The summed E-state index contributed by atoms with van der Waals surface area (Å²) in [5, 5.41) is 4.08. The molecule has 1 saturated heterocycles. The summed E-state index contributed by atoms with van der Waals surface area (Å²) in [4.78, 5) is 18.2. The first-order valence-electron chi connectivity index (χ1n) is 10.2. The van der Waals surface area contributed by atoms with Gasteiger partial charge in [0.05, 0.1) is 18.1 Å². The van der Waals surface area contributed by atoms with E-state index >= 15 is 0 Å². The highest BCUT2D eigenvalue weighted by Gasteiger charge is 2.36. The Hall–Kier alpha value is -3.06. The molecule has 5 rings (SSSR count). The molecule has 3 heterocycles. The second-order valence-corrected chi connectivity index (χ2v) is 8.22. The van der Waals surface area contributed by atoms with Crippen molar-refractivity contribution in [1.29, 1.82) is 0 Å². The van der Waals surface area contributed by atoms with Crippen molar-refractivity contribution in [3.63, 3.8) is 0 Å². The number of benzene rings is 1. The molecular formula is C22H24ClN7. The standard InChI is InChI=1S/C22H24ClN7/c1-15(20-13-28(14-25-20)18-5-3-17(23)4-6-18)26-22-24-10-9-21(27-22)30-12-11-29(16(30)2)19-7-8-19/h3-6,9-10,13-15,19H,2,7-8,11-12H2,1H3,(H,24,26,27). The zero-order valence-electron chi connectivity index (χ0n) is 16.9. The zero-order chi connectivity index (χ0) is 20.7. The molecule has 2 fully saturated rings. The van der Waals surface area contributed by atoms with Gasteiger partial charge in [0.2, 0.25) is 5.95 Å². The second-order valence-electron chi connectivity index (χ2n) is 7.78. The van der Waals surface area contributed by atoms with Crippen molar-refractivity contribution in [3.8, 4) is 5.69 Å². The van der Waals surface area contributed by atoms with Crippen LogP contribution in [0.2, 0.25) is 5.02 Å². The zero-order valence-corrected chi connectivity index (χ0v) is 17.6. The highest BCUT2D eigenvalue weighted by molar-refractivity contribution is 6.30. The summed E-state index contributed by atoms with van der Waals surface area (Å²) in [6.45, 7) is 8.25. The molecule has 1 aliphatic carbocycles. The molecule has 7 nitrogen and oxygen atoms in total. The van der Waals surface area contributed by atoms with Gasteiger partial charge in [-0.1, -0.05) is 18.2 Å². The average Bonchev–Trinajstić information content (AvgIpc) is 3.32. The molecule has 0 amide bonds. The lowest BCUT2D eigenvalue weighted by atomic mass is 10.2. The van der Waals surface area contributed by atoms with E-state index in [4.69, 9.17) is 16.6 Å². The van der Waals surface area contributed by atoms with Crippen LogP contribution in [0.25, 0.3) is 5.69 Å². The van der Waals surface area contributed by atoms with E-state index in [1.807, 2.05) is 48.0 Å². The smallest absolute Gasteiger partial charge is 0.225 e. The van der Waals surface area contributed by atoms with Crippen molar-refractivity contribution in [3.05, 3.63) is 72.2 Å². The second kappa shape index (κ2) is 7.65. The molecule has 3 aromatic rings. The maximum Gasteiger partial charge on any atom is 0.225 e. The third-order valence-corrected chi connectivity index (χ3v) is 5.88. The predicted molar refractivity (Wildman–Crippen MR) is 119 cm³/mol. The molecule has 1 N–H and O–H groups in total. The molecule has 1 aromatic carbocycles. The molecule has 8 heteroatoms. The summed E-state index contributed by atoms with van der Waals surface area (Å²) in [5.41, 5.74) is 1.92. The summed E-state index contributed by atoms with van der Waals surface area (Å²) in [6, 6.07) is 10.2. The minimum absolute atomic E-state index is 0.0430. The van der Waals surface area contributed by atoms with E-state index in [0.717, 1.165) is 36.1 Å². The Morgan fingerprint density at radius 2 is 1.93 bits per heavy atom. The maximum atomic E-state index is 5.98. The Balaban J connectivity index is 1.29. The summed E-state index contributed by atoms with van der Waals surface area (Å²) in [7, 11) is 0. The van der Waals surface area contributed by atoms with Crippen LogP contribution >= 0.6 is 11.6 Å². The summed E-state index contributed by atoms with van der Waals surface area (Å²) in [6.07, 6.45) is 8.12. The normalized spacial score (nSPS) is 17.5. The van der Waals surface area contributed by atoms with Gasteiger partial charge in [-0.2, -0.15) is 4.98 Å². The average molecular weight is 422 g/mol. The van der Waals surface area contributed by atoms with Crippen LogP contribution in [0, 0.1) is 0 Å². The van der Waals surface area contributed by atoms with Gasteiger partial charge in [0.25, 0.3) is 0 Å². The number of rotatable bonds is 6. The fourth-order valence-electron chi connectivity index (χ4n) is 3.80. The van der Waals surface area contributed by atoms with Crippen molar-refractivity contribution in [2.24, 2.45) is 0 Å². The van der Waals surface area contributed by atoms with Gasteiger partial charge >= 0.3 is 0 Å². The van der Waals surface area contributed by atoms with E-state index < -0.39 is 0 Å². The van der Waals surface area contributed by atoms with Gasteiger partial charge in [0.15, 0.2) is 0 Å². The fraction of sp³-hybridized carbons (Fsp3) is 0.318. The van der Waals surface area contributed by atoms with E-state index in [-0.39, 0.29) is 6.04 Å². The van der Waals surface area contributed by atoms with Gasteiger partial charge in [-0.15, -0.1) is 0 Å². The highest BCUT2D eigenvalue weighted by atomic mass is 35.5. The van der Waals surface area contributed by atoms with Gasteiger partial charge in [-0.05, 0) is 50.1 Å². The molecule has 1 saturated carbocycles. The molecule has 0 spiro atoms. The highest BCUT2D eigenvalue weighted by Crippen LogP contribution is 2.35. The molecule has 1 atom stereocenters. The van der Waals surface area contributed by atoms with Gasteiger partial charge in [-0.25, -0.2) is 9.97 Å². The molecule has 1 aliphatic heterocycles. The van der Waals surface area contributed by atoms with Gasteiger partial charge < -0.3 is 19.7 Å². The van der Waals surface area contributed by atoms with Crippen LogP contribution in [0.5, 0.6) is 0 Å². The van der Waals surface area contributed by atoms with Crippen LogP contribution in [0.1, 0.15) is 31.5 Å². The summed E-state index contributed by atoms with van der Waals surface area (Å²) < 4.78 is 1.97. The van der Waals surface area contributed by atoms with E-state index in [2.05, 4.69) is 31.7 Å². The third kappa shape index (κ3) is 3.73. The third-order valence-electron chi connectivity index (χ3n) is 5.63. The van der Waals surface area contributed by atoms with Gasteiger partial charge in [-0.3, -0.25) is 0 Å². The Kier molecular flexibility index (Phi) is 4.83. The van der Waals surface area contributed by atoms with Crippen molar-refractivity contribution in [2.45, 2.75) is 31.8 Å². The number of hydrogen-bond acceptors (Lipinski definition) is 6. The molecule has 0 bridgehead atoms. The molecule has 0 radical (unpaired) electrons. The minimum Gasteiger partial charge on any atom is -0.354 e. The van der Waals surface area contributed by atoms with Gasteiger partial charge in [0, 0.05) is 42.2 Å². The molecule has 2 aliphatic rings. The lowest BCUT2D eigenvalue weighted by Crippen LogP contribution is -2.24. The number of imidazole rings is 1. The first kappa shape index (κ1) is 18.9.